The molecule has 1 aliphatic heterocycles. The number of nitrogens with one attached hydrogen (secondary N) is 1. The smallest absolute Gasteiger partial charge is 0.0232 e. The second-order valence-electron chi connectivity index (χ2n) is 5.46. The predicted octanol–water partition coefficient (Wildman–Crippen LogP) is 2.81. The zero-order valence-corrected chi connectivity index (χ0v) is 9.27. The fraction of sp³-hybridized carbons (Fsp3) is 1.00. The van der Waals surface area contributed by atoms with E-state index >= 15 is 0 Å². The van der Waals surface area contributed by atoms with Crippen molar-refractivity contribution in [2.45, 2.75) is 52.0 Å². The van der Waals surface area contributed by atoms with Crippen LogP contribution < -0.4 is 5.32 Å². The highest BCUT2D eigenvalue weighted by Crippen LogP contribution is 2.44. The lowest BCUT2D eigenvalue weighted by atomic mass is 9.71. The van der Waals surface area contributed by atoms with Crippen LogP contribution in [0.25, 0.3) is 0 Å². The molecular weight excluding hydrogens is 158 g/mol. The minimum atomic E-state index is 0.520. The summed E-state index contributed by atoms with van der Waals surface area (Å²) in [5, 5.41) is 3.84. The molecule has 0 amide bonds. The highest BCUT2D eigenvalue weighted by molar-refractivity contribution is 5.03. The van der Waals surface area contributed by atoms with Crippen molar-refractivity contribution in [2.24, 2.45) is 17.8 Å². The third kappa shape index (κ3) is 1.41. The van der Waals surface area contributed by atoms with Gasteiger partial charge in [-0.2, -0.15) is 0 Å². The molecule has 1 heterocycles. The quantitative estimate of drug-likeness (QED) is 0.606. The molecule has 0 aromatic rings. The Kier molecular flexibility index (Phi) is 2.39. The summed E-state index contributed by atoms with van der Waals surface area (Å²) in [4.78, 5) is 0. The highest BCUT2D eigenvalue weighted by atomic mass is 15.0. The topological polar surface area (TPSA) is 12.0 Å². The molecule has 1 heteroatoms. The number of hydrogen-bond acceptors (Lipinski definition) is 1. The van der Waals surface area contributed by atoms with Crippen molar-refractivity contribution in [3.63, 3.8) is 0 Å². The number of rotatable bonds is 0. The van der Waals surface area contributed by atoms with Crippen molar-refractivity contribution in [3.8, 4) is 0 Å². The van der Waals surface area contributed by atoms with E-state index < -0.39 is 0 Å². The van der Waals surface area contributed by atoms with E-state index in [2.05, 4.69) is 26.1 Å². The fourth-order valence-electron chi connectivity index (χ4n) is 3.64. The Labute approximate surface area is 82.3 Å². The Hall–Kier alpha value is -0.0400. The van der Waals surface area contributed by atoms with Crippen LogP contribution in [-0.2, 0) is 0 Å². The first-order valence-corrected chi connectivity index (χ1v) is 5.90. The molecule has 2 rings (SSSR count). The van der Waals surface area contributed by atoms with Crippen molar-refractivity contribution in [2.75, 3.05) is 6.54 Å². The Morgan fingerprint density at radius 2 is 1.92 bits per heavy atom. The summed E-state index contributed by atoms with van der Waals surface area (Å²) in [6.07, 6.45) is 5.72. The molecule has 1 N–H and O–H groups in total. The minimum Gasteiger partial charge on any atom is -0.310 e. The lowest BCUT2D eigenvalue weighted by molar-refractivity contribution is 0.104. The van der Waals surface area contributed by atoms with Crippen LogP contribution in [0.4, 0.5) is 0 Å². The van der Waals surface area contributed by atoms with Crippen molar-refractivity contribution >= 4 is 0 Å². The molecule has 76 valence electrons. The van der Waals surface area contributed by atoms with Crippen molar-refractivity contribution < 1.29 is 0 Å². The van der Waals surface area contributed by atoms with Gasteiger partial charge in [0, 0.05) is 5.54 Å². The molecule has 0 aromatic heterocycles. The van der Waals surface area contributed by atoms with Crippen molar-refractivity contribution in [1.82, 2.24) is 5.32 Å². The van der Waals surface area contributed by atoms with Crippen molar-refractivity contribution in [1.29, 1.82) is 0 Å². The van der Waals surface area contributed by atoms with Crippen LogP contribution in [0.3, 0.4) is 0 Å². The minimum absolute atomic E-state index is 0.520. The van der Waals surface area contributed by atoms with E-state index in [4.69, 9.17) is 0 Å². The van der Waals surface area contributed by atoms with E-state index in [0.717, 1.165) is 17.8 Å². The van der Waals surface area contributed by atoms with Gasteiger partial charge < -0.3 is 5.32 Å². The first-order chi connectivity index (χ1) is 6.15. The van der Waals surface area contributed by atoms with E-state index in [0.29, 0.717) is 5.54 Å². The molecule has 0 bridgehead atoms. The van der Waals surface area contributed by atoms with E-state index in [1.807, 2.05) is 0 Å². The summed E-state index contributed by atoms with van der Waals surface area (Å²) in [6, 6.07) is 0. The first-order valence-electron chi connectivity index (χ1n) is 5.90. The van der Waals surface area contributed by atoms with Gasteiger partial charge in [-0.15, -0.1) is 0 Å². The predicted molar refractivity (Wildman–Crippen MR) is 56.7 cm³/mol. The average Bonchev–Trinajstić information content (AvgIpc) is 2.43. The van der Waals surface area contributed by atoms with Crippen LogP contribution in [0.2, 0.25) is 0 Å². The fourth-order valence-corrected chi connectivity index (χ4v) is 3.64. The van der Waals surface area contributed by atoms with Gasteiger partial charge in [0.05, 0.1) is 0 Å². The van der Waals surface area contributed by atoms with E-state index in [1.54, 1.807) is 0 Å². The van der Waals surface area contributed by atoms with Crippen LogP contribution in [0, 0.1) is 17.8 Å². The van der Waals surface area contributed by atoms with E-state index in [-0.39, 0.29) is 0 Å². The number of hydrogen-bond donors (Lipinski definition) is 1. The molecule has 2 fully saturated rings. The maximum Gasteiger partial charge on any atom is 0.0232 e. The molecule has 1 nitrogen and oxygen atoms in total. The third-order valence-corrected chi connectivity index (χ3v) is 4.52. The van der Waals surface area contributed by atoms with Gasteiger partial charge in [-0.3, -0.25) is 0 Å². The second kappa shape index (κ2) is 3.27. The molecule has 0 radical (unpaired) electrons. The molecule has 1 aliphatic carbocycles. The SMILES string of the molecule is CC1CNC2(CCCC2C)C(C)C1. The lowest BCUT2D eigenvalue weighted by Gasteiger charge is -2.46. The highest BCUT2D eigenvalue weighted by Gasteiger charge is 2.46. The van der Waals surface area contributed by atoms with Gasteiger partial charge >= 0.3 is 0 Å². The zero-order valence-electron chi connectivity index (χ0n) is 9.27. The lowest BCUT2D eigenvalue weighted by Crippen LogP contribution is -2.57. The standard InChI is InChI=1S/C12H23N/c1-9-7-11(3)12(13-8-9)6-4-5-10(12)2/h9-11,13H,4-8H2,1-3H3. The van der Waals surface area contributed by atoms with Crippen LogP contribution in [0.5, 0.6) is 0 Å². The summed E-state index contributed by atoms with van der Waals surface area (Å²) >= 11 is 0. The van der Waals surface area contributed by atoms with E-state index in [9.17, 15) is 0 Å². The summed E-state index contributed by atoms with van der Waals surface area (Å²) in [6.45, 7) is 8.50. The summed E-state index contributed by atoms with van der Waals surface area (Å²) in [7, 11) is 0. The Bertz CT molecular complexity index is 190. The van der Waals surface area contributed by atoms with Crippen LogP contribution in [0.1, 0.15) is 46.5 Å². The van der Waals surface area contributed by atoms with E-state index in [1.165, 1.54) is 32.2 Å². The van der Waals surface area contributed by atoms with Gasteiger partial charge in [0.1, 0.15) is 0 Å². The summed E-state index contributed by atoms with van der Waals surface area (Å²) in [5.41, 5.74) is 0.520. The molecular formula is C12H23N. The molecule has 4 unspecified atom stereocenters. The van der Waals surface area contributed by atoms with Crippen LogP contribution >= 0.6 is 0 Å². The summed E-state index contributed by atoms with van der Waals surface area (Å²) < 4.78 is 0. The van der Waals surface area contributed by atoms with Gasteiger partial charge in [-0.1, -0.05) is 27.2 Å². The Balaban J connectivity index is 2.13. The van der Waals surface area contributed by atoms with Gasteiger partial charge in [0.2, 0.25) is 0 Å². The first kappa shape index (κ1) is 9.51. The van der Waals surface area contributed by atoms with Gasteiger partial charge in [0.25, 0.3) is 0 Å². The monoisotopic (exact) mass is 181 g/mol. The largest absolute Gasteiger partial charge is 0.310 e. The Morgan fingerprint density at radius 3 is 2.46 bits per heavy atom. The van der Waals surface area contributed by atoms with Crippen LogP contribution in [-0.4, -0.2) is 12.1 Å². The molecule has 13 heavy (non-hydrogen) atoms. The maximum atomic E-state index is 3.84. The normalized spacial score (nSPS) is 51.5. The number of piperidine rings is 1. The maximum absolute atomic E-state index is 3.84. The van der Waals surface area contributed by atoms with Gasteiger partial charge in [-0.25, -0.2) is 0 Å². The van der Waals surface area contributed by atoms with Gasteiger partial charge in [-0.05, 0) is 43.6 Å². The molecule has 1 spiro atoms. The molecule has 1 saturated heterocycles. The molecule has 2 aliphatic rings. The average molecular weight is 181 g/mol. The summed E-state index contributed by atoms with van der Waals surface area (Å²) in [5.74, 6) is 2.66. The molecule has 0 aromatic carbocycles. The second-order valence-corrected chi connectivity index (χ2v) is 5.46. The van der Waals surface area contributed by atoms with Gasteiger partial charge in [0.15, 0.2) is 0 Å². The zero-order chi connectivity index (χ0) is 9.47. The van der Waals surface area contributed by atoms with Crippen molar-refractivity contribution in [3.05, 3.63) is 0 Å². The van der Waals surface area contributed by atoms with Crippen LogP contribution in [0.15, 0.2) is 0 Å². The molecule has 4 atom stereocenters. The Morgan fingerprint density at radius 1 is 1.15 bits per heavy atom. The molecule has 1 saturated carbocycles. The third-order valence-electron chi connectivity index (χ3n) is 4.52.